The first kappa shape index (κ1) is 10.7. The molecule has 2 N–H and O–H groups in total. The molecule has 1 rings (SSSR count). The van der Waals surface area contributed by atoms with Gasteiger partial charge in [0, 0.05) is 24.1 Å². The summed E-state index contributed by atoms with van der Waals surface area (Å²) in [5.74, 6) is 0.319. The molecule has 0 aliphatic heterocycles. The van der Waals surface area contributed by atoms with Crippen LogP contribution in [0.3, 0.4) is 0 Å². The number of thiophene rings is 1. The molecule has 0 aliphatic rings. The van der Waals surface area contributed by atoms with Crippen molar-refractivity contribution < 1.29 is 5.11 Å². The van der Waals surface area contributed by atoms with Crippen molar-refractivity contribution in [1.82, 2.24) is 5.32 Å². The molecule has 0 saturated carbocycles. The number of aliphatic hydroxyl groups excluding tert-OH is 1. The minimum absolute atomic E-state index is 0.249. The predicted molar refractivity (Wildman–Crippen MR) is 56.9 cm³/mol. The fourth-order valence-corrected chi connectivity index (χ4v) is 1.69. The number of hydrogen-bond donors (Lipinski definition) is 2. The Morgan fingerprint density at radius 2 is 2.31 bits per heavy atom. The first-order chi connectivity index (χ1) is 6.24. The van der Waals surface area contributed by atoms with Crippen molar-refractivity contribution in [2.75, 3.05) is 6.61 Å². The van der Waals surface area contributed by atoms with Gasteiger partial charge in [0.25, 0.3) is 0 Å². The lowest BCUT2D eigenvalue weighted by Crippen LogP contribution is -2.33. The largest absolute Gasteiger partial charge is 0.396 e. The van der Waals surface area contributed by atoms with Crippen molar-refractivity contribution in [2.24, 2.45) is 5.92 Å². The first-order valence-corrected chi connectivity index (χ1v) is 5.48. The third kappa shape index (κ3) is 3.46. The molecule has 0 radical (unpaired) electrons. The second kappa shape index (κ2) is 5.37. The Hall–Kier alpha value is -0.380. The highest BCUT2D eigenvalue weighted by atomic mass is 32.1. The van der Waals surface area contributed by atoms with Crippen LogP contribution in [-0.2, 0) is 6.54 Å². The summed E-state index contributed by atoms with van der Waals surface area (Å²) in [5, 5.41) is 14.4. The topological polar surface area (TPSA) is 32.3 Å². The van der Waals surface area contributed by atoms with Crippen LogP contribution in [0.1, 0.15) is 18.7 Å². The summed E-state index contributed by atoms with van der Waals surface area (Å²) in [4.78, 5) is 1.34. The molecule has 74 valence electrons. The number of rotatable bonds is 5. The third-order valence-corrected chi connectivity index (χ3v) is 3.20. The van der Waals surface area contributed by atoms with E-state index in [1.165, 1.54) is 4.88 Å². The minimum atomic E-state index is 0.249. The molecule has 1 heterocycles. The molecule has 0 amide bonds. The predicted octanol–water partition coefficient (Wildman–Crippen LogP) is 1.85. The number of aliphatic hydroxyl groups is 1. The van der Waals surface area contributed by atoms with Crippen LogP contribution in [0.2, 0.25) is 0 Å². The highest BCUT2D eigenvalue weighted by molar-refractivity contribution is 7.09. The third-order valence-electron chi connectivity index (χ3n) is 2.32. The van der Waals surface area contributed by atoms with Gasteiger partial charge in [0.05, 0.1) is 0 Å². The molecule has 0 fully saturated rings. The van der Waals surface area contributed by atoms with Gasteiger partial charge in [-0.2, -0.15) is 0 Å². The van der Waals surface area contributed by atoms with E-state index in [-0.39, 0.29) is 6.61 Å². The van der Waals surface area contributed by atoms with E-state index in [1.807, 2.05) is 6.92 Å². The van der Waals surface area contributed by atoms with E-state index in [1.54, 1.807) is 11.3 Å². The van der Waals surface area contributed by atoms with Crippen LogP contribution in [0.15, 0.2) is 17.5 Å². The van der Waals surface area contributed by atoms with Gasteiger partial charge >= 0.3 is 0 Å². The van der Waals surface area contributed by atoms with Gasteiger partial charge in [0.1, 0.15) is 0 Å². The van der Waals surface area contributed by atoms with Crippen LogP contribution in [0.25, 0.3) is 0 Å². The lowest BCUT2D eigenvalue weighted by atomic mass is 10.1. The smallest absolute Gasteiger partial charge is 0.0471 e. The lowest BCUT2D eigenvalue weighted by molar-refractivity contribution is 0.207. The van der Waals surface area contributed by atoms with Gasteiger partial charge in [0.15, 0.2) is 0 Å². The minimum Gasteiger partial charge on any atom is -0.396 e. The van der Waals surface area contributed by atoms with Gasteiger partial charge in [-0.25, -0.2) is 0 Å². The lowest BCUT2D eigenvalue weighted by Gasteiger charge is -2.18. The Kier molecular flexibility index (Phi) is 4.42. The zero-order valence-electron chi connectivity index (χ0n) is 8.16. The standard InChI is InChI=1S/C10H17NOS/c1-8(7-12)9(2)11-6-10-4-3-5-13-10/h3-5,8-9,11-12H,6-7H2,1-2H3. The van der Waals surface area contributed by atoms with Gasteiger partial charge < -0.3 is 10.4 Å². The molecule has 1 aromatic rings. The monoisotopic (exact) mass is 199 g/mol. The fourth-order valence-electron chi connectivity index (χ4n) is 1.03. The normalized spacial score (nSPS) is 15.6. The highest BCUT2D eigenvalue weighted by Crippen LogP contribution is 2.09. The molecule has 13 heavy (non-hydrogen) atoms. The Bertz CT molecular complexity index is 223. The summed E-state index contributed by atoms with van der Waals surface area (Å²) >= 11 is 1.76. The molecule has 3 heteroatoms. The van der Waals surface area contributed by atoms with E-state index in [4.69, 9.17) is 5.11 Å². The van der Waals surface area contributed by atoms with Crippen LogP contribution in [0, 0.1) is 5.92 Å². The van der Waals surface area contributed by atoms with Gasteiger partial charge in [-0.15, -0.1) is 11.3 Å². The molecule has 0 bridgehead atoms. The Balaban J connectivity index is 2.26. The zero-order valence-corrected chi connectivity index (χ0v) is 8.97. The van der Waals surface area contributed by atoms with Crippen molar-refractivity contribution >= 4 is 11.3 Å². The summed E-state index contributed by atoms with van der Waals surface area (Å²) in [5.41, 5.74) is 0. The summed E-state index contributed by atoms with van der Waals surface area (Å²) < 4.78 is 0. The van der Waals surface area contributed by atoms with Crippen molar-refractivity contribution in [2.45, 2.75) is 26.4 Å². The van der Waals surface area contributed by atoms with Crippen molar-refractivity contribution in [3.8, 4) is 0 Å². The summed E-state index contributed by atoms with van der Waals surface area (Å²) in [6.45, 7) is 5.31. The van der Waals surface area contributed by atoms with Crippen molar-refractivity contribution in [3.05, 3.63) is 22.4 Å². The fraction of sp³-hybridized carbons (Fsp3) is 0.600. The van der Waals surface area contributed by atoms with Crippen LogP contribution in [-0.4, -0.2) is 17.8 Å². The van der Waals surface area contributed by atoms with Crippen molar-refractivity contribution in [1.29, 1.82) is 0 Å². The average Bonchev–Trinajstić information content (AvgIpc) is 2.65. The second-order valence-corrected chi connectivity index (χ2v) is 4.44. The Morgan fingerprint density at radius 3 is 2.85 bits per heavy atom. The van der Waals surface area contributed by atoms with Gasteiger partial charge in [0.2, 0.25) is 0 Å². The average molecular weight is 199 g/mol. The van der Waals surface area contributed by atoms with E-state index < -0.39 is 0 Å². The SMILES string of the molecule is CC(CO)C(C)NCc1cccs1. The maximum Gasteiger partial charge on any atom is 0.0471 e. The van der Waals surface area contributed by atoms with E-state index in [0.29, 0.717) is 12.0 Å². The number of nitrogens with one attached hydrogen (secondary N) is 1. The molecule has 2 atom stereocenters. The maximum atomic E-state index is 8.92. The Morgan fingerprint density at radius 1 is 1.54 bits per heavy atom. The van der Waals surface area contributed by atoms with E-state index in [9.17, 15) is 0 Å². The van der Waals surface area contributed by atoms with Crippen LogP contribution in [0.5, 0.6) is 0 Å². The van der Waals surface area contributed by atoms with Gasteiger partial charge in [-0.1, -0.05) is 13.0 Å². The molecule has 0 aromatic carbocycles. The molecule has 2 nitrogen and oxygen atoms in total. The van der Waals surface area contributed by atoms with E-state index >= 15 is 0 Å². The van der Waals surface area contributed by atoms with Crippen molar-refractivity contribution in [3.63, 3.8) is 0 Å². The first-order valence-electron chi connectivity index (χ1n) is 4.60. The Labute approximate surface area is 83.6 Å². The molecule has 2 unspecified atom stereocenters. The van der Waals surface area contributed by atoms with Crippen LogP contribution < -0.4 is 5.32 Å². The second-order valence-electron chi connectivity index (χ2n) is 3.41. The van der Waals surface area contributed by atoms with Crippen LogP contribution in [0.4, 0.5) is 0 Å². The van der Waals surface area contributed by atoms with E-state index in [0.717, 1.165) is 6.54 Å². The molecule has 1 aromatic heterocycles. The number of hydrogen-bond acceptors (Lipinski definition) is 3. The molecule has 0 aliphatic carbocycles. The highest BCUT2D eigenvalue weighted by Gasteiger charge is 2.09. The molecular formula is C10H17NOS. The summed E-state index contributed by atoms with van der Waals surface area (Å²) in [6, 6.07) is 4.54. The molecular weight excluding hydrogens is 182 g/mol. The van der Waals surface area contributed by atoms with Crippen LogP contribution >= 0.6 is 11.3 Å². The summed E-state index contributed by atoms with van der Waals surface area (Å²) in [7, 11) is 0. The zero-order chi connectivity index (χ0) is 9.68. The molecule has 0 spiro atoms. The van der Waals surface area contributed by atoms with Gasteiger partial charge in [-0.05, 0) is 24.3 Å². The van der Waals surface area contributed by atoms with Gasteiger partial charge in [-0.3, -0.25) is 0 Å². The quantitative estimate of drug-likeness (QED) is 0.758. The maximum absolute atomic E-state index is 8.92. The summed E-state index contributed by atoms with van der Waals surface area (Å²) in [6.07, 6.45) is 0. The molecule has 0 saturated heterocycles. The van der Waals surface area contributed by atoms with E-state index in [2.05, 4.69) is 29.8 Å².